The normalized spacial score (nSPS) is 11.8. The average Bonchev–Trinajstić information content (AvgIpc) is 2.78. The summed E-state index contributed by atoms with van der Waals surface area (Å²) in [4.78, 5) is 0.765. The lowest BCUT2D eigenvalue weighted by molar-refractivity contribution is 0.577. The zero-order valence-electron chi connectivity index (χ0n) is 11.1. The Morgan fingerprint density at radius 2 is 2.05 bits per heavy atom. The molecule has 3 N–H and O–H groups in total. The molecule has 0 bridgehead atoms. The van der Waals surface area contributed by atoms with E-state index in [1.165, 1.54) is 24.3 Å². The molecule has 1 aromatic heterocycles. The SMILES string of the molecule is Cc1ccsc1CNS(=O)(=O)c1cc(N)c(C)c(F)c1. The van der Waals surface area contributed by atoms with Gasteiger partial charge in [0.25, 0.3) is 0 Å². The van der Waals surface area contributed by atoms with Crippen molar-refractivity contribution in [1.29, 1.82) is 0 Å². The molecule has 0 fully saturated rings. The third-order valence-electron chi connectivity index (χ3n) is 3.06. The minimum absolute atomic E-state index is 0.123. The second-order valence-corrected chi connectivity index (χ2v) is 7.24. The summed E-state index contributed by atoms with van der Waals surface area (Å²) in [5.41, 5.74) is 6.99. The van der Waals surface area contributed by atoms with E-state index in [1.807, 2.05) is 18.4 Å². The molecule has 1 heterocycles. The molecule has 0 unspecified atom stereocenters. The number of hydrogen-bond donors (Lipinski definition) is 2. The van der Waals surface area contributed by atoms with Crippen molar-refractivity contribution in [3.8, 4) is 0 Å². The summed E-state index contributed by atoms with van der Waals surface area (Å²) in [5, 5.41) is 1.89. The quantitative estimate of drug-likeness (QED) is 0.852. The fourth-order valence-electron chi connectivity index (χ4n) is 1.66. The van der Waals surface area contributed by atoms with Crippen molar-refractivity contribution >= 4 is 27.0 Å². The van der Waals surface area contributed by atoms with Gasteiger partial charge in [0.15, 0.2) is 0 Å². The summed E-state index contributed by atoms with van der Waals surface area (Å²) in [6, 6.07) is 4.16. The standard InChI is InChI=1S/C13H15FN2O2S2/c1-8-3-4-19-13(8)7-16-20(17,18)10-5-11(14)9(2)12(15)6-10/h3-6,16H,7,15H2,1-2H3. The Bertz CT molecular complexity index is 716. The molecule has 0 aliphatic rings. The van der Waals surface area contributed by atoms with E-state index in [0.717, 1.165) is 16.5 Å². The van der Waals surface area contributed by atoms with Gasteiger partial charge in [0.1, 0.15) is 5.82 Å². The van der Waals surface area contributed by atoms with Crippen LogP contribution in [0, 0.1) is 19.7 Å². The predicted molar refractivity (Wildman–Crippen MR) is 78.6 cm³/mol. The van der Waals surface area contributed by atoms with Crippen molar-refractivity contribution in [2.24, 2.45) is 0 Å². The van der Waals surface area contributed by atoms with E-state index >= 15 is 0 Å². The van der Waals surface area contributed by atoms with Crippen molar-refractivity contribution in [2.75, 3.05) is 5.73 Å². The number of nitrogens with one attached hydrogen (secondary N) is 1. The molecule has 20 heavy (non-hydrogen) atoms. The third-order valence-corrected chi connectivity index (χ3v) is 5.46. The fourth-order valence-corrected chi connectivity index (χ4v) is 3.64. The molecule has 0 radical (unpaired) electrons. The summed E-state index contributed by atoms with van der Waals surface area (Å²) >= 11 is 1.47. The van der Waals surface area contributed by atoms with E-state index in [2.05, 4.69) is 4.72 Å². The van der Waals surface area contributed by atoms with Crippen LogP contribution in [-0.2, 0) is 16.6 Å². The number of hydrogen-bond acceptors (Lipinski definition) is 4. The maximum Gasteiger partial charge on any atom is 0.241 e. The number of nitrogen functional groups attached to an aromatic ring is 1. The third kappa shape index (κ3) is 3.00. The molecule has 0 spiro atoms. The van der Waals surface area contributed by atoms with E-state index in [4.69, 9.17) is 5.73 Å². The van der Waals surface area contributed by atoms with E-state index < -0.39 is 15.8 Å². The van der Waals surface area contributed by atoms with Gasteiger partial charge in [-0.25, -0.2) is 17.5 Å². The maximum absolute atomic E-state index is 13.6. The number of anilines is 1. The first kappa shape index (κ1) is 15.0. The van der Waals surface area contributed by atoms with Crippen molar-refractivity contribution in [2.45, 2.75) is 25.3 Å². The molecule has 0 aliphatic heterocycles. The van der Waals surface area contributed by atoms with E-state index in [1.54, 1.807) is 0 Å². The number of nitrogens with two attached hydrogens (primary N) is 1. The lowest BCUT2D eigenvalue weighted by Gasteiger charge is -2.09. The van der Waals surface area contributed by atoms with Crippen LogP contribution in [0.3, 0.4) is 0 Å². The van der Waals surface area contributed by atoms with Crippen LogP contribution < -0.4 is 10.5 Å². The number of sulfonamides is 1. The molecule has 2 rings (SSSR count). The molecular formula is C13H15FN2O2S2. The van der Waals surface area contributed by atoms with Gasteiger partial charge in [0.05, 0.1) is 4.90 Å². The summed E-state index contributed by atoms with van der Waals surface area (Å²) in [7, 11) is -3.78. The molecule has 2 aromatic rings. The Balaban J connectivity index is 2.25. The van der Waals surface area contributed by atoms with Gasteiger partial charge in [-0.15, -0.1) is 11.3 Å². The van der Waals surface area contributed by atoms with Crippen LogP contribution in [0.15, 0.2) is 28.5 Å². The van der Waals surface area contributed by atoms with Crippen LogP contribution in [-0.4, -0.2) is 8.42 Å². The highest BCUT2D eigenvalue weighted by Crippen LogP contribution is 2.22. The molecule has 0 atom stereocenters. The Hall–Kier alpha value is -1.44. The predicted octanol–water partition coefficient (Wildman–Crippen LogP) is 2.56. The molecule has 0 amide bonds. The molecule has 0 saturated carbocycles. The highest BCUT2D eigenvalue weighted by Gasteiger charge is 2.17. The van der Waals surface area contributed by atoms with Gasteiger partial charge in [-0.1, -0.05) is 0 Å². The summed E-state index contributed by atoms with van der Waals surface area (Å²) in [5.74, 6) is -0.627. The van der Waals surface area contributed by atoms with Crippen LogP contribution in [0.1, 0.15) is 16.0 Å². The average molecular weight is 314 g/mol. The van der Waals surface area contributed by atoms with Gasteiger partial charge in [0, 0.05) is 22.7 Å². The maximum atomic E-state index is 13.6. The highest BCUT2D eigenvalue weighted by molar-refractivity contribution is 7.89. The number of halogens is 1. The van der Waals surface area contributed by atoms with Gasteiger partial charge >= 0.3 is 0 Å². The van der Waals surface area contributed by atoms with Crippen LogP contribution in [0.5, 0.6) is 0 Å². The van der Waals surface area contributed by atoms with Crippen LogP contribution in [0.4, 0.5) is 10.1 Å². The molecule has 108 valence electrons. The molecule has 0 aliphatic carbocycles. The lowest BCUT2D eigenvalue weighted by Crippen LogP contribution is -2.23. The Morgan fingerprint density at radius 3 is 2.60 bits per heavy atom. The second kappa shape index (κ2) is 5.51. The van der Waals surface area contributed by atoms with Crippen molar-refractivity contribution < 1.29 is 12.8 Å². The molecule has 0 saturated heterocycles. The number of aryl methyl sites for hydroxylation is 1. The smallest absolute Gasteiger partial charge is 0.241 e. The minimum atomic E-state index is -3.78. The number of rotatable bonds is 4. The van der Waals surface area contributed by atoms with Gasteiger partial charge < -0.3 is 5.73 Å². The van der Waals surface area contributed by atoms with E-state index in [9.17, 15) is 12.8 Å². The van der Waals surface area contributed by atoms with Gasteiger partial charge in [-0.05, 0) is 43.0 Å². The highest BCUT2D eigenvalue weighted by atomic mass is 32.2. The lowest BCUT2D eigenvalue weighted by atomic mass is 10.2. The van der Waals surface area contributed by atoms with E-state index in [-0.39, 0.29) is 22.7 Å². The summed E-state index contributed by atoms with van der Waals surface area (Å²) < 4.78 is 40.3. The largest absolute Gasteiger partial charge is 0.398 e. The van der Waals surface area contributed by atoms with Gasteiger partial charge in [-0.2, -0.15) is 0 Å². The van der Waals surface area contributed by atoms with Crippen molar-refractivity contribution in [3.05, 3.63) is 45.4 Å². The molecular weight excluding hydrogens is 299 g/mol. The Kier molecular flexibility index (Phi) is 4.12. The first-order chi connectivity index (χ1) is 9.31. The Labute approximate surface area is 121 Å². The minimum Gasteiger partial charge on any atom is -0.398 e. The molecule has 1 aromatic carbocycles. The fraction of sp³-hybridized carbons (Fsp3) is 0.231. The van der Waals surface area contributed by atoms with E-state index in [0.29, 0.717) is 0 Å². The zero-order valence-corrected chi connectivity index (χ0v) is 12.7. The first-order valence-electron chi connectivity index (χ1n) is 5.89. The van der Waals surface area contributed by atoms with Gasteiger partial charge in [-0.3, -0.25) is 0 Å². The summed E-state index contributed by atoms with van der Waals surface area (Å²) in [6.45, 7) is 3.59. The number of thiophene rings is 1. The first-order valence-corrected chi connectivity index (χ1v) is 8.26. The summed E-state index contributed by atoms with van der Waals surface area (Å²) in [6.07, 6.45) is 0. The van der Waals surface area contributed by atoms with Crippen LogP contribution in [0.25, 0.3) is 0 Å². The molecule has 7 heteroatoms. The monoisotopic (exact) mass is 314 g/mol. The molecule has 4 nitrogen and oxygen atoms in total. The zero-order chi connectivity index (χ0) is 14.9. The van der Waals surface area contributed by atoms with Crippen molar-refractivity contribution in [3.63, 3.8) is 0 Å². The number of benzene rings is 1. The second-order valence-electron chi connectivity index (χ2n) is 4.47. The van der Waals surface area contributed by atoms with Crippen molar-refractivity contribution in [1.82, 2.24) is 4.72 Å². The van der Waals surface area contributed by atoms with Gasteiger partial charge in [0.2, 0.25) is 10.0 Å². The van der Waals surface area contributed by atoms with Crippen LogP contribution in [0.2, 0.25) is 0 Å². The van der Waals surface area contributed by atoms with Crippen LogP contribution >= 0.6 is 11.3 Å². The Morgan fingerprint density at radius 1 is 1.35 bits per heavy atom. The topological polar surface area (TPSA) is 72.2 Å².